The minimum Gasteiger partial charge on any atom is -0.480 e. The summed E-state index contributed by atoms with van der Waals surface area (Å²) in [5.74, 6) is -1.01. The van der Waals surface area contributed by atoms with Crippen molar-refractivity contribution in [2.45, 2.75) is 56.8 Å². The molecule has 8 heteroatoms. The van der Waals surface area contributed by atoms with E-state index in [1.165, 1.54) is 11.3 Å². The Morgan fingerprint density at radius 3 is 2.57 bits per heavy atom. The maximum Gasteiger partial charge on any atom is 0.451 e. The number of carboxylic acid groups (broad SMARTS) is 1. The topological polar surface area (TPSA) is 110 Å². The van der Waals surface area contributed by atoms with Gasteiger partial charge in [-0.3, -0.25) is 4.79 Å². The fraction of sp³-hybridized carbons (Fsp3) is 0.650. The number of fused-ring (bicyclic) bond motifs is 1. The van der Waals surface area contributed by atoms with Crippen LogP contribution in [0.2, 0.25) is 6.32 Å². The summed E-state index contributed by atoms with van der Waals surface area (Å²) < 4.78 is 0. The van der Waals surface area contributed by atoms with E-state index in [9.17, 15) is 9.90 Å². The minimum absolute atomic E-state index is 0.0691. The van der Waals surface area contributed by atoms with Crippen LogP contribution in [0.3, 0.4) is 0 Å². The Morgan fingerprint density at radius 2 is 1.89 bits per heavy atom. The number of nitrogens with two attached hydrogens (primary N) is 1. The number of piperidine rings is 1. The van der Waals surface area contributed by atoms with Crippen LogP contribution in [0.5, 0.6) is 0 Å². The SMILES string of the molecule is NC(CCCCB(O)O)(C(=O)O)C1CCN(N2CCCc3ccccc32)CC1. The summed E-state index contributed by atoms with van der Waals surface area (Å²) >= 11 is 0. The quantitative estimate of drug-likeness (QED) is 0.394. The lowest BCUT2D eigenvalue weighted by molar-refractivity contribution is -0.147. The number of carbonyl (C=O) groups is 1. The fourth-order valence-corrected chi connectivity index (χ4v) is 4.66. The normalized spacial score (nSPS) is 20.5. The molecule has 1 fully saturated rings. The number of nitrogens with zero attached hydrogens (tertiary/aromatic N) is 2. The summed E-state index contributed by atoms with van der Waals surface area (Å²) in [6.45, 7) is 2.61. The Labute approximate surface area is 167 Å². The van der Waals surface area contributed by atoms with Crippen molar-refractivity contribution < 1.29 is 19.9 Å². The van der Waals surface area contributed by atoms with Gasteiger partial charge in [0.1, 0.15) is 5.54 Å². The summed E-state index contributed by atoms with van der Waals surface area (Å²) in [6, 6.07) is 8.51. The van der Waals surface area contributed by atoms with Gasteiger partial charge in [0.15, 0.2) is 0 Å². The third kappa shape index (κ3) is 4.68. The Kier molecular flexibility index (Phi) is 6.98. The van der Waals surface area contributed by atoms with Crippen molar-refractivity contribution in [3.63, 3.8) is 0 Å². The van der Waals surface area contributed by atoms with Gasteiger partial charge in [0.05, 0.1) is 5.69 Å². The van der Waals surface area contributed by atoms with Crippen LogP contribution in [0.1, 0.15) is 44.1 Å². The van der Waals surface area contributed by atoms with Gasteiger partial charge in [-0.2, -0.15) is 0 Å². The average molecular weight is 389 g/mol. The van der Waals surface area contributed by atoms with Crippen molar-refractivity contribution in [1.82, 2.24) is 5.01 Å². The highest BCUT2D eigenvalue weighted by Crippen LogP contribution is 2.34. The van der Waals surface area contributed by atoms with Crippen LogP contribution in [0.15, 0.2) is 24.3 Å². The van der Waals surface area contributed by atoms with Crippen molar-refractivity contribution >= 4 is 18.8 Å². The van der Waals surface area contributed by atoms with E-state index in [0.717, 1.165) is 45.3 Å². The van der Waals surface area contributed by atoms with E-state index < -0.39 is 18.6 Å². The molecule has 0 aromatic heterocycles. The molecule has 2 aliphatic heterocycles. The standard InChI is InChI=1S/C20H32BN3O4/c22-20(19(25)26,11-3-4-12-21(27)28)17-9-14-23(15-10-17)24-13-5-7-16-6-1-2-8-18(16)24/h1-2,6,8,17,27-28H,3-5,7,9-15,22H2,(H,25,26). The molecule has 1 saturated heterocycles. The molecule has 1 unspecified atom stereocenters. The van der Waals surface area contributed by atoms with E-state index in [4.69, 9.17) is 15.8 Å². The highest BCUT2D eigenvalue weighted by molar-refractivity contribution is 6.40. The molecule has 1 aromatic carbocycles. The third-order valence-electron chi connectivity index (χ3n) is 6.33. The van der Waals surface area contributed by atoms with E-state index in [2.05, 4.69) is 34.3 Å². The second-order valence-corrected chi connectivity index (χ2v) is 8.16. The lowest BCUT2D eigenvalue weighted by Gasteiger charge is -2.46. The van der Waals surface area contributed by atoms with Gasteiger partial charge < -0.3 is 25.9 Å². The van der Waals surface area contributed by atoms with Crippen molar-refractivity contribution in [3.8, 4) is 0 Å². The molecule has 7 nitrogen and oxygen atoms in total. The van der Waals surface area contributed by atoms with Gasteiger partial charge in [0.25, 0.3) is 0 Å². The van der Waals surface area contributed by atoms with Crippen LogP contribution < -0.4 is 10.7 Å². The first-order valence-electron chi connectivity index (χ1n) is 10.4. The fourth-order valence-electron chi connectivity index (χ4n) is 4.66. The molecule has 0 aliphatic carbocycles. The lowest BCUT2D eigenvalue weighted by Crippen LogP contribution is -2.58. The van der Waals surface area contributed by atoms with Crippen molar-refractivity contribution in [2.24, 2.45) is 11.7 Å². The smallest absolute Gasteiger partial charge is 0.451 e. The van der Waals surface area contributed by atoms with Gasteiger partial charge in [0, 0.05) is 19.6 Å². The third-order valence-corrected chi connectivity index (χ3v) is 6.33. The van der Waals surface area contributed by atoms with Crippen LogP contribution in [-0.4, -0.2) is 58.4 Å². The summed E-state index contributed by atoms with van der Waals surface area (Å²) in [5.41, 5.74) is 7.78. The highest BCUT2D eigenvalue weighted by atomic mass is 16.4. The zero-order valence-corrected chi connectivity index (χ0v) is 16.5. The zero-order valence-electron chi connectivity index (χ0n) is 16.5. The summed E-state index contributed by atoms with van der Waals surface area (Å²) in [6.07, 6.45) is 5.51. The maximum absolute atomic E-state index is 11.9. The number of rotatable bonds is 8. The Hall–Kier alpha value is -1.61. The average Bonchev–Trinajstić information content (AvgIpc) is 2.70. The summed E-state index contributed by atoms with van der Waals surface area (Å²) in [4.78, 5) is 11.9. The van der Waals surface area contributed by atoms with Crippen molar-refractivity contribution in [2.75, 3.05) is 24.6 Å². The number of unbranched alkanes of at least 4 members (excludes halogenated alkanes) is 1. The molecule has 1 atom stereocenters. The van der Waals surface area contributed by atoms with Crippen LogP contribution in [-0.2, 0) is 11.2 Å². The predicted octanol–water partition coefficient (Wildman–Crippen LogP) is 1.49. The van der Waals surface area contributed by atoms with Gasteiger partial charge in [-0.05, 0) is 56.0 Å². The molecule has 154 valence electrons. The monoisotopic (exact) mass is 389 g/mol. The number of carboxylic acids is 1. The lowest BCUT2D eigenvalue weighted by atomic mass is 9.74. The summed E-state index contributed by atoms with van der Waals surface area (Å²) in [7, 11) is -1.34. The number of aryl methyl sites for hydroxylation is 1. The molecule has 1 aromatic rings. The van der Waals surface area contributed by atoms with E-state index >= 15 is 0 Å². The molecule has 2 heterocycles. The molecule has 28 heavy (non-hydrogen) atoms. The van der Waals surface area contributed by atoms with Crippen LogP contribution in [0.25, 0.3) is 0 Å². The summed E-state index contributed by atoms with van der Waals surface area (Å²) in [5, 5.41) is 32.4. The van der Waals surface area contributed by atoms with E-state index in [0.29, 0.717) is 19.3 Å². The number of hydrogen-bond donors (Lipinski definition) is 4. The second-order valence-electron chi connectivity index (χ2n) is 8.16. The first-order valence-corrected chi connectivity index (χ1v) is 10.4. The first kappa shape index (κ1) is 21.1. The first-order chi connectivity index (χ1) is 13.4. The maximum atomic E-state index is 11.9. The Morgan fingerprint density at radius 1 is 1.18 bits per heavy atom. The molecule has 2 aliphatic rings. The van der Waals surface area contributed by atoms with Crippen molar-refractivity contribution in [1.29, 1.82) is 0 Å². The van der Waals surface area contributed by atoms with Gasteiger partial charge in [-0.25, -0.2) is 5.01 Å². The molecule has 0 bridgehead atoms. The Bertz CT molecular complexity index is 667. The van der Waals surface area contributed by atoms with Gasteiger partial charge >= 0.3 is 13.1 Å². The van der Waals surface area contributed by atoms with E-state index in [-0.39, 0.29) is 12.2 Å². The minimum atomic E-state index is -1.34. The number of benzene rings is 1. The number of hydrazine groups is 1. The van der Waals surface area contributed by atoms with Gasteiger partial charge in [-0.1, -0.05) is 31.0 Å². The molecule has 0 spiro atoms. The molecule has 0 amide bonds. The molecular weight excluding hydrogens is 357 g/mol. The second kappa shape index (κ2) is 9.26. The Balaban J connectivity index is 1.59. The predicted molar refractivity (Wildman–Crippen MR) is 110 cm³/mol. The number of para-hydroxylation sites is 1. The molecule has 0 saturated carbocycles. The number of anilines is 1. The molecule has 0 radical (unpaired) electrons. The van der Waals surface area contributed by atoms with Gasteiger partial charge in [-0.15, -0.1) is 0 Å². The largest absolute Gasteiger partial charge is 0.480 e. The number of hydrogen-bond acceptors (Lipinski definition) is 6. The van der Waals surface area contributed by atoms with Crippen LogP contribution in [0, 0.1) is 5.92 Å². The molecule has 3 rings (SSSR count). The van der Waals surface area contributed by atoms with E-state index in [1.54, 1.807) is 0 Å². The van der Waals surface area contributed by atoms with Gasteiger partial charge in [0.2, 0.25) is 0 Å². The van der Waals surface area contributed by atoms with Crippen LogP contribution in [0.4, 0.5) is 5.69 Å². The van der Waals surface area contributed by atoms with Crippen molar-refractivity contribution in [3.05, 3.63) is 29.8 Å². The molecular formula is C20H32BN3O4. The highest BCUT2D eigenvalue weighted by Gasteiger charge is 2.43. The zero-order chi connectivity index (χ0) is 20.1. The van der Waals surface area contributed by atoms with Crippen LogP contribution >= 0.6 is 0 Å². The van der Waals surface area contributed by atoms with E-state index in [1.807, 2.05) is 0 Å². The number of aliphatic carboxylic acids is 1. The molecule has 5 N–H and O–H groups in total.